The highest BCUT2D eigenvalue weighted by Gasteiger charge is 2.20. The SMILES string of the molecule is C=CNCCC(C)(C)CCC(/C=C/c1cc(Cl)ccc1N)CC(=C/CC)/C(Cl)=C\C. The van der Waals surface area contributed by atoms with Gasteiger partial charge < -0.3 is 11.1 Å². The van der Waals surface area contributed by atoms with Crippen LogP contribution >= 0.6 is 23.2 Å². The van der Waals surface area contributed by atoms with Crippen LogP contribution in [0.2, 0.25) is 5.02 Å². The molecular formula is C26H38Cl2N2. The van der Waals surface area contributed by atoms with E-state index in [1.165, 1.54) is 5.57 Å². The Hall–Kier alpha value is -1.64. The van der Waals surface area contributed by atoms with Crippen molar-refractivity contribution in [2.75, 3.05) is 12.3 Å². The summed E-state index contributed by atoms with van der Waals surface area (Å²) < 4.78 is 0. The normalized spacial score (nSPS) is 14.2. The van der Waals surface area contributed by atoms with E-state index in [1.807, 2.05) is 31.2 Å². The maximum Gasteiger partial charge on any atom is 0.0413 e. The summed E-state index contributed by atoms with van der Waals surface area (Å²) in [5.41, 5.74) is 9.29. The molecule has 0 saturated carbocycles. The Bertz CT molecular complexity index is 760. The van der Waals surface area contributed by atoms with E-state index in [0.717, 1.165) is 54.9 Å². The van der Waals surface area contributed by atoms with E-state index in [4.69, 9.17) is 28.9 Å². The lowest BCUT2D eigenvalue weighted by atomic mass is 9.80. The average molecular weight is 450 g/mol. The van der Waals surface area contributed by atoms with Gasteiger partial charge in [0.1, 0.15) is 0 Å². The number of nitrogen functional groups attached to an aromatic ring is 1. The molecule has 3 N–H and O–H groups in total. The first-order chi connectivity index (χ1) is 14.2. The third-order valence-electron chi connectivity index (χ3n) is 5.37. The molecule has 4 heteroatoms. The molecule has 0 fully saturated rings. The number of anilines is 1. The van der Waals surface area contributed by atoms with Gasteiger partial charge in [0.2, 0.25) is 0 Å². The Kier molecular flexibility index (Phi) is 12.0. The number of hydrogen-bond acceptors (Lipinski definition) is 2. The summed E-state index contributed by atoms with van der Waals surface area (Å²) in [7, 11) is 0. The van der Waals surface area contributed by atoms with Gasteiger partial charge in [-0.1, -0.05) is 74.9 Å². The van der Waals surface area contributed by atoms with Crippen LogP contribution in [0.25, 0.3) is 6.08 Å². The maximum absolute atomic E-state index is 6.51. The van der Waals surface area contributed by atoms with Gasteiger partial charge in [0.15, 0.2) is 0 Å². The molecule has 0 aliphatic rings. The van der Waals surface area contributed by atoms with Gasteiger partial charge in [-0.3, -0.25) is 0 Å². The second kappa shape index (κ2) is 13.6. The van der Waals surface area contributed by atoms with Crippen molar-refractivity contribution in [2.45, 2.75) is 59.8 Å². The first-order valence-corrected chi connectivity index (χ1v) is 11.6. The third-order valence-corrected chi connectivity index (χ3v) is 6.07. The van der Waals surface area contributed by atoms with Crippen LogP contribution in [-0.4, -0.2) is 6.54 Å². The summed E-state index contributed by atoms with van der Waals surface area (Å²) >= 11 is 12.7. The molecule has 0 saturated heterocycles. The molecule has 1 rings (SSSR count). The number of allylic oxidation sites excluding steroid dienone is 5. The van der Waals surface area contributed by atoms with E-state index in [1.54, 1.807) is 6.20 Å². The zero-order chi connectivity index (χ0) is 22.6. The Balaban J connectivity index is 3.03. The van der Waals surface area contributed by atoms with Crippen molar-refractivity contribution >= 4 is 35.0 Å². The van der Waals surface area contributed by atoms with Crippen LogP contribution < -0.4 is 11.1 Å². The van der Waals surface area contributed by atoms with Crippen LogP contribution in [0, 0.1) is 11.3 Å². The van der Waals surface area contributed by atoms with Crippen LogP contribution in [0.15, 0.2) is 59.8 Å². The molecule has 1 aromatic rings. The summed E-state index contributed by atoms with van der Waals surface area (Å²) in [5, 5.41) is 4.75. The maximum atomic E-state index is 6.51. The van der Waals surface area contributed by atoms with Gasteiger partial charge in [-0.25, -0.2) is 0 Å². The van der Waals surface area contributed by atoms with Crippen molar-refractivity contribution in [3.8, 4) is 0 Å². The number of nitrogens with one attached hydrogen (secondary N) is 1. The van der Waals surface area contributed by atoms with E-state index >= 15 is 0 Å². The molecule has 0 bridgehead atoms. The molecule has 0 spiro atoms. The van der Waals surface area contributed by atoms with Crippen molar-refractivity contribution in [3.05, 3.63) is 70.4 Å². The Morgan fingerprint density at radius 3 is 2.67 bits per heavy atom. The third kappa shape index (κ3) is 9.91. The van der Waals surface area contributed by atoms with Crippen molar-refractivity contribution < 1.29 is 0 Å². The van der Waals surface area contributed by atoms with Gasteiger partial charge >= 0.3 is 0 Å². The molecule has 30 heavy (non-hydrogen) atoms. The van der Waals surface area contributed by atoms with Gasteiger partial charge in [-0.05, 0) is 85.9 Å². The van der Waals surface area contributed by atoms with Crippen molar-refractivity contribution in [2.24, 2.45) is 11.3 Å². The molecule has 1 atom stereocenters. The smallest absolute Gasteiger partial charge is 0.0413 e. The zero-order valence-electron chi connectivity index (χ0n) is 19.0. The standard InChI is InChI=1S/C26H38Cl2N2/c1-6-9-21(24(28)7-2)18-20(14-15-26(4,5)16-17-30-8-3)10-11-22-19-23(27)12-13-25(22)29/h7-13,19-20,30H,3,6,14-18,29H2,1-2,4-5H3/b11-10+,21-9-,24-7+. The molecule has 2 nitrogen and oxygen atoms in total. The molecular weight excluding hydrogens is 411 g/mol. The molecule has 0 radical (unpaired) electrons. The van der Waals surface area contributed by atoms with E-state index in [2.05, 4.69) is 50.9 Å². The predicted molar refractivity (Wildman–Crippen MR) is 137 cm³/mol. The largest absolute Gasteiger partial charge is 0.398 e. The highest BCUT2D eigenvalue weighted by atomic mass is 35.5. The van der Waals surface area contributed by atoms with E-state index in [0.29, 0.717) is 10.9 Å². The number of rotatable bonds is 13. The predicted octanol–water partition coefficient (Wildman–Crippen LogP) is 8.35. The minimum atomic E-state index is 0.246. The second-order valence-corrected chi connectivity index (χ2v) is 9.33. The Labute approximate surface area is 193 Å². The van der Waals surface area contributed by atoms with Crippen LogP contribution in [0.5, 0.6) is 0 Å². The summed E-state index contributed by atoms with van der Waals surface area (Å²) in [6.45, 7) is 13.5. The van der Waals surface area contributed by atoms with Gasteiger partial charge in [-0.2, -0.15) is 0 Å². The van der Waals surface area contributed by atoms with Crippen LogP contribution in [0.3, 0.4) is 0 Å². The van der Waals surface area contributed by atoms with Crippen LogP contribution in [-0.2, 0) is 0 Å². The summed E-state index contributed by atoms with van der Waals surface area (Å²) in [6.07, 6.45) is 15.5. The lowest BCUT2D eigenvalue weighted by Crippen LogP contribution is -2.20. The lowest BCUT2D eigenvalue weighted by Gasteiger charge is -2.27. The molecule has 1 aromatic carbocycles. The number of benzene rings is 1. The first kappa shape index (κ1) is 26.4. The summed E-state index contributed by atoms with van der Waals surface area (Å²) in [4.78, 5) is 0. The van der Waals surface area contributed by atoms with Gasteiger partial charge in [0, 0.05) is 22.3 Å². The summed E-state index contributed by atoms with van der Waals surface area (Å²) in [5.74, 6) is 0.363. The minimum absolute atomic E-state index is 0.246. The molecule has 166 valence electrons. The van der Waals surface area contributed by atoms with Crippen LogP contribution in [0.1, 0.15) is 65.4 Å². The fourth-order valence-corrected chi connectivity index (χ4v) is 3.74. The topological polar surface area (TPSA) is 38.0 Å². The summed E-state index contributed by atoms with van der Waals surface area (Å²) in [6, 6.07) is 5.59. The molecule has 0 amide bonds. The van der Waals surface area contributed by atoms with E-state index in [9.17, 15) is 0 Å². The number of nitrogens with two attached hydrogens (primary N) is 1. The Morgan fingerprint density at radius 2 is 2.03 bits per heavy atom. The zero-order valence-corrected chi connectivity index (χ0v) is 20.5. The molecule has 0 aliphatic carbocycles. The highest BCUT2D eigenvalue weighted by Crippen LogP contribution is 2.33. The molecule has 1 unspecified atom stereocenters. The fourth-order valence-electron chi connectivity index (χ4n) is 3.40. The second-order valence-electron chi connectivity index (χ2n) is 8.48. The average Bonchev–Trinajstić information content (AvgIpc) is 2.71. The molecule has 0 heterocycles. The minimum Gasteiger partial charge on any atom is -0.398 e. The number of halogens is 2. The van der Waals surface area contributed by atoms with Crippen molar-refractivity contribution in [1.82, 2.24) is 5.32 Å². The van der Waals surface area contributed by atoms with Crippen LogP contribution in [0.4, 0.5) is 5.69 Å². The van der Waals surface area contributed by atoms with Gasteiger partial charge in [0.05, 0.1) is 0 Å². The van der Waals surface area contributed by atoms with Gasteiger partial charge in [-0.15, -0.1) is 0 Å². The highest BCUT2D eigenvalue weighted by molar-refractivity contribution is 6.32. The first-order valence-electron chi connectivity index (χ1n) is 10.8. The van der Waals surface area contributed by atoms with Gasteiger partial charge in [0.25, 0.3) is 0 Å². The van der Waals surface area contributed by atoms with E-state index < -0.39 is 0 Å². The van der Waals surface area contributed by atoms with Crippen molar-refractivity contribution in [1.29, 1.82) is 0 Å². The molecule has 0 aliphatic heterocycles. The van der Waals surface area contributed by atoms with E-state index in [-0.39, 0.29) is 5.41 Å². The lowest BCUT2D eigenvalue weighted by molar-refractivity contribution is 0.283. The molecule has 0 aromatic heterocycles. The van der Waals surface area contributed by atoms with Crippen molar-refractivity contribution in [3.63, 3.8) is 0 Å². The Morgan fingerprint density at radius 1 is 1.30 bits per heavy atom. The quantitative estimate of drug-likeness (QED) is 0.180. The fraction of sp³-hybridized carbons (Fsp3) is 0.462. The number of hydrogen-bond donors (Lipinski definition) is 2. The monoisotopic (exact) mass is 448 g/mol.